The number of likely N-dealkylation sites (N-methyl/N-ethyl adjacent to an activating group) is 1. The van der Waals surface area contributed by atoms with Crippen LogP contribution in [0.1, 0.15) is 48.3 Å². The molecule has 2 atom stereocenters. The molecule has 1 aliphatic carbocycles. The standard InChI is InChI=1S/C19H23N3O2S/c1-3-22-9-8-15-17(11-22)25-19(20-15)21-18(23)7-5-13-4-6-16(24-13)14-10-12(14)2/h4-7,12,14H,3,8-11H2,1-2H3,(H,20,21,23)/b7-5+/t12-,14+/m0/s1. The zero-order chi connectivity index (χ0) is 17.4. The van der Waals surface area contributed by atoms with Gasteiger partial charge in [0.05, 0.1) is 5.69 Å². The van der Waals surface area contributed by atoms with Gasteiger partial charge in [0, 0.05) is 36.4 Å². The number of hydrogen-bond donors (Lipinski definition) is 1. The van der Waals surface area contributed by atoms with Crippen molar-refractivity contribution in [1.29, 1.82) is 0 Å². The van der Waals surface area contributed by atoms with Crippen molar-refractivity contribution in [3.05, 3.63) is 40.3 Å². The second kappa shape index (κ2) is 6.77. The minimum atomic E-state index is -0.170. The molecule has 4 rings (SSSR count). The fourth-order valence-corrected chi connectivity index (χ4v) is 4.31. The predicted molar refractivity (Wildman–Crippen MR) is 99.7 cm³/mol. The molecular formula is C19H23N3O2S. The summed E-state index contributed by atoms with van der Waals surface area (Å²) in [5, 5.41) is 3.56. The zero-order valence-corrected chi connectivity index (χ0v) is 15.4. The molecule has 0 radical (unpaired) electrons. The van der Waals surface area contributed by atoms with Crippen LogP contribution in [0.2, 0.25) is 0 Å². The van der Waals surface area contributed by atoms with Crippen molar-refractivity contribution in [1.82, 2.24) is 9.88 Å². The quantitative estimate of drug-likeness (QED) is 0.825. The van der Waals surface area contributed by atoms with E-state index in [4.69, 9.17) is 4.42 Å². The largest absolute Gasteiger partial charge is 0.461 e. The summed E-state index contributed by atoms with van der Waals surface area (Å²) in [5.74, 6) is 2.85. The van der Waals surface area contributed by atoms with Crippen LogP contribution in [-0.2, 0) is 17.8 Å². The molecule has 1 saturated carbocycles. The number of aromatic nitrogens is 1. The molecule has 2 aromatic heterocycles. The van der Waals surface area contributed by atoms with E-state index < -0.39 is 0 Å². The summed E-state index contributed by atoms with van der Waals surface area (Å²) < 4.78 is 5.78. The van der Waals surface area contributed by atoms with E-state index in [2.05, 4.69) is 29.0 Å². The molecule has 2 aromatic rings. The molecule has 5 nitrogen and oxygen atoms in total. The van der Waals surface area contributed by atoms with Crippen molar-refractivity contribution in [2.45, 2.75) is 39.2 Å². The molecule has 0 spiro atoms. The van der Waals surface area contributed by atoms with E-state index in [1.165, 1.54) is 17.4 Å². The second-order valence-corrected chi connectivity index (χ2v) is 7.97. The normalized spacial score (nSPS) is 23.0. The first kappa shape index (κ1) is 16.5. The van der Waals surface area contributed by atoms with E-state index in [9.17, 15) is 4.79 Å². The van der Waals surface area contributed by atoms with Crippen molar-refractivity contribution in [3.8, 4) is 0 Å². The van der Waals surface area contributed by atoms with Gasteiger partial charge >= 0.3 is 0 Å². The number of nitrogens with zero attached hydrogens (tertiary/aromatic N) is 2. The van der Waals surface area contributed by atoms with E-state index in [-0.39, 0.29) is 5.91 Å². The minimum Gasteiger partial charge on any atom is -0.461 e. The number of hydrogen-bond acceptors (Lipinski definition) is 5. The summed E-state index contributed by atoms with van der Waals surface area (Å²) in [5.41, 5.74) is 1.13. The number of thiazole rings is 1. The van der Waals surface area contributed by atoms with Gasteiger partial charge in [-0.2, -0.15) is 0 Å². The van der Waals surface area contributed by atoms with Gasteiger partial charge < -0.3 is 4.42 Å². The lowest BCUT2D eigenvalue weighted by atomic mass is 10.2. The lowest BCUT2D eigenvalue weighted by molar-refractivity contribution is -0.111. The second-order valence-electron chi connectivity index (χ2n) is 6.89. The van der Waals surface area contributed by atoms with Crippen LogP contribution < -0.4 is 5.32 Å². The first-order valence-electron chi connectivity index (χ1n) is 8.92. The Balaban J connectivity index is 1.36. The Hall–Kier alpha value is -1.92. The monoisotopic (exact) mass is 357 g/mol. The Bertz CT molecular complexity index is 807. The van der Waals surface area contributed by atoms with E-state index >= 15 is 0 Å². The van der Waals surface area contributed by atoms with Gasteiger partial charge in [-0.25, -0.2) is 4.98 Å². The third kappa shape index (κ3) is 3.70. The van der Waals surface area contributed by atoms with Gasteiger partial charge in [-0.05, 0) is 37.1 Å². The number of nitrogens with one attached hydrogen (secondary N) is 1. The maximum atomic E-state index is 12.1. The molecule has 3 heterocycles. The molecule has 0 bridgehead atoms. The number of amides is 1. The van der Waals surface area contributed by atoms with E-state index in [0.29, 0.717) is 17.0 Å². The third-order valence-corrected chi connectivity index (χ3v) is 6.01. The van der Waals surface area contributed by atoms with Crippen LogP contribution in [0.4, 0.5) is 5.13 Å². The highest BCUT2D eigenvalue weighted by molar-refractivity contribution is 7.15. The molecule has 1 fully saturated rings. The Labute approximate surface area is 151 Å². The number of carbonyl (C=O) groups excluding carboxylic acids is 1. The fourth-order valence-electron chi connectivity index (χ4n) is 3.25. The molecule has 0 saturated heterocycles. The lowest BCUT2D eigenvalue weighted by Gasteiger charge is -2.23. The molecule has 1 N–H and O–H groups in total. The predicted octanol–water partition coefficient (Wildman–Crippen LogP) is 3.89. The van der Waals surface area contributed by atoms with Crippen molar-refractivity contribution in [2.24, 2.45) is 5.92 Å². The Kier molecular flexibility index (Phi) is 4.48. The third-order valence-electron chi connectivity index (χ3n) is 5.01. The van der Waals surface area contributed by atoms with E-state index in [0.717, 1.165) is 43.3 Å². The van der Waals surface area contributed by atoms with Gasteiger partial charge in [0.1, 0.15) is 11.5 Å². The Morgan fingerprint density at radius 3 is 3.12 bits per heavy atom. The zero-order valence-electron chi connectivity index (χ0n) is 14.6. The van der Waals surface area contributed by atoms with Crippen LogP contribution in [0.25, 0.3) is 6.08 Å². The van der Waals surface area contributed by atoms with Crippen molar-refractivity contribution < 1.29 is 9.21 Å². The molecule has 25 heavy (non-hydrogen) atoms. The highest BCUT2D eigenvalue weighted by atomic mass is 32.1. The number of furan rings is 1. The summed E-state index contributed by atoms with van der Waals surface area (Å²) >= 11 is 1.58. The molecule has 0 aromatic carbocycles. The van der Waals surface area contributed by atoms with E-state index in [1.54, 1.807) is 17.4 Å². The number of rotatable bonds is 5. The smallest absolute Gasteiger partial charge is 0.250 e. The molecule has 1 aliphatic heterocycles. The number of fused-ring (bicyclic) bond motifs is 1. The molecule has 6 heteroatoms. The fraction of sp³-hybridized carbons (Fsp3) is 0.474. The molecule has 2 aliphatic rings. The van der Waals surface area contributed by atoms with E-state index in [1.807, 2.05) is 12.1 Å². The van der Waals surface area contributed by atoms with Crippen molar-refractivity contribution >= 4 is 28.5 Å². The van der Waals surface area contributed by atoms with Crippen LogP contribution in [0.15, 0.2) is 22.6 Å². The molecule has 1 amide bonds. The summed E-state index contributed by atoms with van der Waals surface area (Å²) in [4.78, 5) is 20.4. The van der Waals surface area contributed by atoms with Crippen molar-refractivity contribution in [2.75, 3.05) is 18.4 Å². The van der Waals surface area contributed by atoms with Gasteiger partial charge in [0.2, 0.25) is 5.91 Å². The lowest BCUT2D eigenvalue weighted by Crippen LogP contribution is -2.29. The average molecular weight is 357 g/mol. The van der Waals surface area contributed by atoms with Crippen LogP contribution in [0, 0.1) is 5.92 Å². The highest BCUT2D eigenvalue weighted by Crippen LogP contribution is 2.47. The summed E-state index contributed by atoms with van der Waals surface area (Å²) in [6.45, 7) is 7.42. The van der Waals surface area contributed by atoms with Crippen LogP contribution >= 0.6 is 11.3 Å². The first-order valence-corrected chi connectivity index (χ1v) is 9.73. The maximum absolute atomic E-state index is 12.1. The van der Waals surface area contributed by atoms with Gasteiger partial charge in [0.15, 0.2) is 5.13 Å². The number of anilines is 1. The highest BCUT2D eigenvalue weighted by Gasteiger charge is 2.36. The first-order chi connectivity index (χ1) is 12.1. The SMILES string of the molecule is CCN1CCc2nc(NC(=O)/C=C/c3ccc([C@@H]4C[C@@H]4C)o3)sc2C1. The van der Waals surface area contributed by atoms with Gasteiger partial charge in [0.25, 0.3) is 0 Å². The molecule has 0 unspecified atom stereocenters. The Morgan fingerprint density at radius 1 is 1.52 bits per heavy atom. The van der Waals surface area contributed by atoms with Crippen LogP contribution in [0.3, 0.4) is 0 Å². The number of carbonyl (C=O) groups is 1. The molecular weight excluding hydrogens is 334 g/mol. The van der Waals surface area contributed by atoms with Gasteiger partial charge in [-0.3, -0.25) is 15.0 Å². The maximum Gasteiger partial charge on any atom is 0.250 e. The van der Waals surface area contributed by atoms with Crippen LogP contribution in [0.5, 0.6) is 0 Å². The van der Waals surface area contributed by atoms with Crippen molar-refractivity contribution in [3.63, 3.8) is 0 Å². The van der Waals surface area contributed by atoms with Gasteiger partial charge in [-0.1, -0.05) is 13.8 Å². The summed E-state index contributed by atoms with van der Waals surface area (Å²) in [6.07, 6.45) is 5.39. The average Bonchev–Trinajstić information content (AvgIpc) is 3.01. The molecule has 132 valence electrons. The minimum absolute atomic E-state index is 0.170. The van der Waals surface area contributed by atoms with Crippen LogP contribution in [-0.4, -0.2) is 28.9 Å². The summed E-state index contributed by atoms with van der Waals surface area (Å²) in [6, 6.07) is 3.94. The topological polar surface area (TPSA) is 58.4 Å². The van der Waals surface area contributed by atoms with Gasteiger partial charge in [-0.15, -0.1) is 11.3 Å². The summed E-state index contributed by atoms with van der Waals surface area (Å²) in [7, 11) is 0. The Morgan fingerprint density at radius 2 is 2.36 bits per heavy atom.